The summed E-state index contributed by atoms with van der Waals surface area (Å²) in [5.41, 5.74) is 4.62. The summed E-state index contributed by atoms with van der Waals surface area (Å²) < 4.78 is 0. The van der Waals surface area contributed by atoms with Gasteiger partial charge in [0.15, 0.2) is 11.4 Å². The van der Waals surface area contributed by atoms with E-state index in [1.54, 1.807) is 44.4 Å². The topological polar surface area (TPSA) is 209 Å². The highest BCUT2D eigenvalue weighted by Gasteiger charge is 2.63. The van der Waals surface area contributed by atoms with Crippen LogP contribution in [0, 0.1) is 16.7 Å². The second-order valence-electron chi connectivity index (χ2n) is 10.8. The molecule has 42 heavy (non-hydrogen) atoms. The van der Waals surface area contributed by atoms with Gasteiger partial charge in [-0.15, -0.1) is 4.91 Å². The zero-order valence-electron chi connectivity index (χ0n) is 22.9. The van der Waals surface area contributed by atoms with Crippen LogP contribution in [0.25, 0.3) is 11.1 Å². The van der Waals surface area contributed by atoms with Gasteiger partial charge >= 0.3 is 0 Å². The molecule has 0 fully saturated rings. The minimum Gasteiger partial charge on any atom is -0.510 e. The van der Waals surface area contributed by atoms with Gasteiger partial charge in [-0.05, 0) is 72.9 Å². The summed E-state index contributed by atoms with van der Waals surface area (Å²) in [5.74, 6) is -6.92. The van der Waals surface area contributed by atoms with Gasteiger partial charge in [0.05, 0.1) is 18.7 Å². The molecule has 0 aromatic heterocycles. The van der Waals surface area contributed by atoms with Crippen LogP contribution in [0.2, 0.25) is 0 Å². The molecule has 218 valence electrons. The summed E-state index contributed by atoms with van der Waals surface area (Å²) >= 11 is 0. The Morgan fingerprint density at radius 2 is 1.88 bits per heavy atom. The first-order chi connectivity index (χ1) is 19.9. The number of nitrogens with one attached hydrogen (secondary N) is 1. The molecule has 13 nitrogen and oxygen atoms in total. The molecule has 2 aromatic carbocycles. The third kappa shape index (κ3) is 4.04. The minimum absolute atomic E-state index is 0.0634. The van der Waals surface area contributed by atoms with Crippen molar-refractivity contribution in [2.45, 2.75) is 24.5 Å². The summed E-state index contributed by atoms with van der Waals surface area (Å²) in [4.78, 5) is 70.6. The molecule has 0 spiro atoms. The lowest BCUT2D eigenvalue weighted by atomic mass is 9.58. The molecule has 13 heteroatoms. The van der Waals surface area contributed by atoms with Gasteiger partial charge < -0.3 is 21.1 Å². The predicted molar refractivity (Wildman–Crippen MR) is 147 cm³/mol. The maximum Gasteiger partial charge on any atom is 0.274 e. The summed E-state index contributed by atoms with van der Waals surface area (Å²) in [6, 6.07) is 8.30. The number of hydroxylamine groups is 1. The van der Waals surface area contributed by atoms with Gasteiger partial charge in [0.1, 0.15) is 22.8 Å². The highest BCUT2D eigenvalue weighted by atomic mass is 16.6. The average molecular weight is 577 g/mol. The van der Waals surface area contributed by atoms with E-state index >= 15 is 0 Å². The molecule has 3 aliphatic carbocycles. The average Bonchev–Trinajstić information content (AvgIpc) is 2.93. The van der Waals surface area contributed by atoms with Crippen LogP contribution >= 0.6 is 0 Å². The van der Waals surface area contributed by atoms with Gasteiger partial charge in [-0.1, -0.05) is 18.2 Å². The third-order valence-electron chi connectivity index (χ3n) is 8.33. The molecule has 0 radical (unpaired) electrons. The van der Waals surface area contributed by atoms with Crippen molar-refractivity contribution >= 4 is 23.4 Å². The molecule has 6 N–H and O–H groups in total. The fraction of sp³-hybridized carbons (Fsp3) is 0.310. The molecule has 0 heterocycles. The molecule has 0 saturated carbocycles. The van der Waals surface area contributed by atoms with Crippen LogP contribution in [-0.2, 0) is 20.8 Å². The summed E-state index contributed by atoms with van der Waals surface area (Å²) in [5, 5.41) is 36.6. The highest BCUT2D eigenvalue weighted by molar-refractivity contribution is 6.25. The number of benzene rings is 2. The van der Waals surface area contributed by atoms with Crippen LogP contribution in [-0.4, -0.2) is 76.4 Å². The Hall–Kier alpha value is -4.72. The normalized spacial score (nSPS) is 25.1. The number of nitroso groups, excluding NO2 is 1. The number of hydrogen-bond donors (Lipinski definition) is 5. The number of rotatable bonds is 6. The largest absolute Gasteiger partial charge is 0.510 e. The standard InChI is InChI=1S/C29H28N4O9/c1-33(2)22-17-11-14-10-16-15(12-5-4-6-13(9-12)28(39)32-42-3)7-8-18(34)20(16)23(35)19(14)25(31-41)29(17,40)26(37)21(24(22)36)27(30)38/h4-9,14,17,22,34,36,40H,10-11H2,1-3H3,(H2,30,38)(H,32,39)/t14-,17-,22-,29-/m0/s1. The first kappa shape index (κ1) is 28.8. The summed E-state index contributed by atoms with van der Waals surface area (Å²) in [6.45, 7) is 0. The number of Topliss-reactive ketones (excluding diaryl/α,β-unsaturated/α-hetero) is 2. The van der Waals surface area contributed by atoms with Gasteiger partial charge in [0.2, 0.25) is 5.78 Å². The van der Waals surface area contributed by atoms with Crippen molar-refractivity contribution in [3.8, 4) is 16.9 Å². The molecule has 0 saturated heterocycles. The minimum atomic E-state index is -2.73. The predicted octanol–water partition coefficient (Wildman–Crippen LogP) is 1.29. The Bertz CT molecular complexity index is 1640. The number of amides is 2. The Balaban J connectivity index is 1.72. The van der Waals surface area contributed by atoms with Crippen molar-refractivity contribution in [2.75, 3.05) is 21.2 Å². The number of carbonyl (C=O) groups excluding carboxylic acids is 4. The summed E-state index contributed by atoms with van der Waals surface area (Å²) in [6.07, 6.45) is 0.0217. The smallest absolute Gasteiger partial charge is 0.274 e. The number of phenols is 1. The number of carbonyl (C=O) groups is 4. The van der Waals surface area contributed by atoms with E-state index in [0.717, 1.165) is 0 Å². The lowest BCUT2D eigenvalue weighted by Crippen LogP contribution is -2.63. The van der Waals surface area contributed by atoms with E-state index in [1.807, 2.05) is 0 Å². The number of primary amides is 1. The van der Waals surface area contributed by atoms with Crippen molar-refractivity contribution in [1.82, 2.24) is 10.4 Å². The van der Waals surface area contributed by atoms with Crippen LogP contribution in [0.1, 0.15) is 32.7 Å². The second kappa shape index (κ2) is 10.3. The Labute approximate surface area is 239 Å². The van der Waals surface area contributed by atoms with E-state index in [4.69, 9.17) is 10.6 Å². The van der Waals surface area contributed by atoms with Crippen molar-refractivity contribution < 1.29 is 39.3 Å². The Morgan fingerprint density at radius 1 is 1.17 bits per heavy atom. The number of hydrogen-bond acceptors (Lipinski definition) is 11. The fourth-order valence-electron chi connectivity index (χ4n) is 6.62. The maximum atomic E-state index is 14.0. The zero-order valence-corrected chi connectivity index (χ0v) is 22.9. The molecular formula is C29H28N4O9. The quantitative estimate of drug-likeness (QED) is 0.189. The molecule has 5 rings (SSSR count). The fourth-order valence-corrected chi connectivity index (χ4v) is 6.62. The number of nitrogens with zero attached hydrogens (tertiary/aromatic N) is 2. The van der Waals surface area contributed by atoms with Gasteiger partial charge in [0.25, 0.3) is 11.8 Å². The van der Waals surface area contributed by atoms with Gasteiger partial charge in [-0.25, -0.2) is 5.48 Å². The molecular weight excluding hydrogens is 548 g/mol. The van der Waals surface area contributed by atoms with Crippen LogP contribution in [0.3, 0.4) is 0 Å². The van der Waals surface area contributed by atoms with E-state index < -0.39 is 69.6 Å². The highest BCUT2D eigenvalue weighted by Crippen LogP contribution is 2.54. The first-order valence-electron chi connectivity index (χ1n) is 13.0. The number of fused-ring (bicyclic) bond motifs is 3. The second-order valence-corrected chi connectivity index (χ2v) is 10.8. The van der Waals surface area contributed by atoms with Gasteiger partial charge in [-0.2, -0.15) is 0 Å². The van der Waals surface area contributed by atoms with Gasteiger partial charge in [0, 0.05) is 17.1 Å². The van der Waals surface area contributed by atoms with Crippen LogP contribution < -0.4 is 11.2 Å². The Morgan fingerprint density at radius 3 is 2.50 bits per heavy atom. The molecule has 0 unspecified atom stereocenters. The van der Waals surface area contributed by atoms with E-state index in [-0.39, 0.29) is 29.5 Å². The summed E-state index contributed by atoms with van der Waals surface area (Å²) in [7, 11) is 4.40. The van der Waals surface area contributed by atoms with E-state index in [1.165, 1.54) is 18.1 Å². The van der Waals surface area contributed by atoms with Crippen molar-refractivity contribution in [2.24, 2.45) is 22.7 Å². The van der Waals surface area contributed by atoms with E-state index in [9.17, 15) is 39.4 Å². The zero-order chi connectivity index (χ0) is 30.7. The maximum absolute atomic E-state index is 14.0. The van der Waals surface area contributed by atoms with Crippen molar-refractivity contribution in [3.05, 3.63) is 80.6 Å². The first-order valence-corrected chi connectivity index (χ1v) is 13.0. The lowest BCUT2D eigenvalue weighted by Gasteiger charge is -2.50. The van der Waals surface area contributed by atoms with Crippen molar-refractivity contribution in [1.29, 1.82) is 0 Å². The number of ketones is 2. The lowest BCUT2D eigenvalue weighted by molar-refractivity contribution is -0.144. The number of aliphatic hydroxyl groups is 2. The molecule has 0 bridgehead atoms. The Kier molecular flexibility index (Phi) is 7.05. The van der Waals surface area contributed by atoms with Gasteiger partial charge in [-0.3, -0.25) is 28.9 Å². The molecule has 0 aliphatic heterocycles. The monoisotopic (exact) mass is 576 g/mol. The number of phenolic OH excluding ortho intramolecular Hbond substituents is 1. The SMILES string of the molecule is CONC(=O)c1cccc(-c2ccc(O)c3c2C[C@H]2C[C@H]4[C@H](N(C)C)C(O)=C(C(N)=O)C(=O)[C@@]4(O)C(N=O)=C2C3=O)c1. The third-order valence-corrected chi connectivity index (χ3v) is 8.33. The number of allylic oxidation sites excluding steroid dienone is 1. The number of nitrogens with two attached hydrogens (primary N) is 1. The number of likely N-dealkylation sites (N-methyl/N-ethyl adjacent to an activating group) is 1. The number of aliphatic hydroxyl groups excluding tert-OH is 1. The van der Waals surface area contributed by atoms with Crippen molar-refractivity contribution in [3.63, 3.8) is 0 Å². The molecule has 2 amide bonds. The molecule has 2 aromatic rings. The van der Waals surface area contributed by atoms with Crippen LogP contribution in [0.15, 0.2) is 64.2 Å². The van der Waals surface area contributed by atoms with Crippen LogP contribution in [0.5, 0.6) is 5.75 Å². The van der Waals surface area contributed by atoms with E-state index in [0.29, 0.717) is 16.7 Å². The molecule has 4 atom stereocenters. The number of aromatic hydroxyl groups is 1. The molecule has 3 aliphatic rings. The van der Waals surface area contributed by atoms with E-state index in [2.05, 4.69) is 10.7 Å². The van der Waals surface area contributed by atoms with Crippen LogP contribution in [0.4, 0.5) is 0 Å².